The molecule has 10 amide bonds. The van der Waals surface area contributed by atoms with E-state index in [1.807, 2.05) is 0 Å². The first kappa shape index (κ1) is 73.7. The Morgan fingerprint density at radius 2 is 1.26 bits per heavy atom. The Balaban J connectivity index is 2.39. The SMILES string of the molecule is C[C@H](N)C(=O)N[C@H](C(=O)N[C@H](C(=O)NCC(=O)N[C@H](CCCN)C(=O)N1CCC[C@H]1C(=O)N[C@@H](Cc1cnc[nH]1)C(=O)N[C@@H](CCCCN)C(=O)N/C(=C\CCNC(=N)N)C(=O)N[C@@H](CCCCN)C(=O)NCCCCN)[C@@H](O)CN)[C@@H](O)CN. The molecule has 2 heterocycles. The number of guanidine groups is 1. The summed E-state index contributed by atoms with van der Waals surface area (Å²) in [6, 6.07) is -10.9. The van der Waals surface area contributed by atoms with Crippen LogP contribution in [0.3, 0.4) is 0 Å². The number of aromatic nitrogens is 2. The van der Waals surface area contributed by atoms with Gasteiger partial charge in [-0.15, -0.1) is 0 Å². The van der Waals surface area contributed by atoms with Gasteiger partial charge in [-0.05, 0) is 117 Å². The van der Waals surface area contributed by atoms with E-state index >= 15 is 0 Å². The van der Waals surface area contributed by atoms with E-state index in [4.69, 9.17) is 51.3 Å². The molecule has 1 fully saturated rings. The van der Waals surface area contributed by atoms with Crippen LogP contribution >= 0.6 is 0 Å². The standard InChI is InChI=1S/C51H94N22O12/c1-29(58)42(77)71-41(38(75)25-57)49(84)72-40(37(74)24-56)48(83)64-27-39(76)66-34(13-8-19-55)50(85)73-22-10-15-36(73)47(82)70-35(23-30-26-61-28-65-30)46(81)69-32(12-3-5-17-53)44(79)68-33(14-9-21-63-51(59)60)45(80)67-31(11-2-4-16-52)43(78)62-20-7-6-18-54/h14,26,28-29,31-32,34-38,40-41,74-75H,2-13,15-25,27,52-58H2,1H3,(H,61,65)(H,62,78)(H,64,83)(H,66,76)(H,67,80)(H,68,79)(H,69,81)(H,70,82)(H,71,77)(H,72,84)(H4,59,60,63)/b33-14-/t29-,31-,32-,34+,35-,36-,37-,38-,40-,41-/m0/s1. The number of aliphatic hydroxyl groups excluding tert-OH is 2. The maximum Gasteiger partial charge on any atom is 0.268 e. The van der Waals surface area contributed by atoms with Gasteiger partial charge < -0.3 is 119 Å². The van der Waals surface area contributed by atoms with Crippen LogP contribution in [0.5, 0.6) is 0 Å². The molecule has 1 aromatic rings. The van der Waals surface area contributed by atoms with E-state index in [0.29, 0.717) is 70.3 Å². The molecule has 2 rings (SSSR count). The van der Waals surface area contributed by atoms with Gasteiger partial charge in [0.1, 0.15) is 48.0 Å². The van der Waals surface area contributed by atoms with Crippen molar-refractivity contribution in [2.45, 2.75) is 157 Å². The molecule has 1 aliphatic rings. The van der Waals surface area contributed by atoms with Crippen molar-refractivity contribution >= 4 is 65.0 Å². The van der Waals surface area contributed by atoms with E-state index in [2.05, 4.69) is 63.1 Å². The number of aromatic amines is 1. The van der Waals surface area contributed by atoms with Crippen LogP contribution in [0.1, 0.15) is 96.1 Å². The number of unbranched alkanes of at least 4 members (excludes halogenated alkanes) is 3. The van der Waals surface area contributed by atoms with E-state index in [-0.39, 0.29) is 82.8 Å². The highest BCUT2D eigenvalue weighted by Crippen LogP contribution is 2.21. The normalized spacial score (nSPS) is 16.3. The van der Waals surface area contributed by atoms with Gasteiger partial charge in [-0.3, -0.25) is 53.4 Å². The molecule has 0 bridgehead atoms. The molecule has 30 N–H and O–H groups in total. The Morgan fingerprint density at radius 1 is 0.671 bits per heavy atom. The topological polar surface area (TPSA) is 595 Å². The lowest BCUT2D eigenvalue weighted by atomic mass is 10.0. The van der Waals surface area contributed by atoms with Crippen molar-refractivity contribution in [3.63, 3.8) is 0 Å². The Bertz CT molecular complexity index is 2330. The van der Waals surface area contributed by atoms with Crippen LogP contribution < -0.4 is 99.0 Å². The number of likely N-dealkylation sites (tertiary alicyclic amines) is 1. The van der Waals surface area contributed by atoms with Crippen molar-refractivity contribution in [3.8, 4) is 0 Å². The van der Waals surface area contributed by atoms with Crippen LogP contribution in [0.4, 0.5) is 0 Å². The molecule has 0 saturated carbocycles. The summed E-state index contributed by atoms with van der Waals surface area (Å²) in [5.74, 6) is -8.77. The highest BCUT2D eigenvalue weighted by atomic mass is 16.3. The van der Waals surface area contributed by atoms with E-state index in [0.717, 1.165) is 0 Å². The Morgan fingerprint density at radius 3 is 1.84 bits per heavy atom. The number of H-pyrrole nitrogens is 1. The molecule has 0 spiro atoms. The molecule has 1 aliphatic heterocycles. The number of nitrogens with zero attached hydrogens (tertiary/aromatic N) is 2. The van der Waals surface area contributed by atoms with E-state index < -0.39 is 139 Å². The van der Waals surface area contributed by atoms with Gasteiger partial charge in [0.05, 0.1) is 31.1 Å². The number of imidazole rings is 1. The fraction of sp³-hybridized carbons (Fsp3) is 0.686. The van der Waals surface area contributed by atoms with Gasteiger partial charge in [0.2, 0.25) is 53.2 Å². The van der Waals surface area contributed by atoms with Crippen LogP contribution in [-0.2, 0) is 54.4 Å². The molecule has 34 nitrogen and oxygen atoms in total. The number of hydrogen-bond donors (Lipinski definition) is 22. The number of hydrogen-bond acceptors (Lipinski definition) is 21. The average Bonchev–Trinajstić information content (AvgIpc) is 4.04. The van der Waals surface area contributed by atoms with Crippen molar-refractivity contribution in [1.29, 1.82) is 5.41 Å². The quantitative estimate of drug-likeness (QED) is 0.0125. The van der Waals surface area contributed by atoms with Gasteiger partial charge in [-0.1, -0.05) is 6.08 Å². The molecule has 1 saturated heterocycles. The van der Waals surface area contributed by atoms with E-state index in [1.165, 1.54) is 30.4 Å². The molecule has 85 heavy (non-hydrogen) atoms. The number of aliphatic hydroxyl groups is 2. The summed E-state index contributed by atoms with van der Waals surface area (Å²) in [7, 11) is 0. The summed E-state index contributed by atoms with van der Waals surface area (Å²) in [6.45, 7) is 0.996. The molecule has 0 unspecified atom stereocenters. The highest BCUT2D eigenvalue weighted by molar-refractivity contribution is 6.02. The predicted octanol–water partition coefficient (Wildman–Crippen LogP) is -9.32. The molecular weight excluding hydrogens is 1110 g/mol. The lowest BCUT2D eigenvalue weighted by molar-refractivity contribution is -0.142. The minimum Gasteiger partial charge on any atom is -0.389 e. The van der Waals surface area contributed by atoms with Crippen molar-refractivity contribution in [3.05, 3.63) is 30.0 Å². The number of carbonyl (C=O) groups excluding carboxylic acids is 10. The van der Waals surface area contributed by atoms with Crippen LogP contribution in [0, 0.1) is 5.41 Å². The first-order valence-corrected chi connectivity index (χ1v) is 28.6. The lowest BCUT2D eigenvalue weighted by Crippen LogP contribution is -2.63. The molecule has 1 aromatic heterocycles. The summed E-state index contributed by atoms with van der Waals surface area (Å²) in [5.41, 5.74) is 45.2. The Kier molecular flexibility index (Phi) is 35.3. The third-order valence-electron chi connectivity index (χ3n) is 13.4. The maximum absolute atomic E-state index is 14.5. The summed E-state index contributed by atoms with van der Waals surface area (Å²) >= 11 is 0. The van der Waals surface area contributed by atoms with Gasteiger partial charge >= 0.3 is 0 Å². The second-order valence-corrected chi connectivity index (χ2v) is 20.3. The number of rotatable bonds is 42. The molecule has 10 atom stereocenters. The van der Waals surface area contributed by atoms with Crippen LogP contribution in [0.25, 0.3) is 0 Å². The van der Waals surface area contributed by atoms with Gasteiger partial charge in [0.25, 0.3) is 5.91 Å². The first-order valence-electron chi connectivity index (χ1n) is 28.6. The van der Waals surface area contributed by atoms with Crippen LogP contribution in [0.2, 0.25) is 0 Å². The second kappa shape index (κ2) is 40.8. The third-order valence-corrected chi connectivity index (χ3v) is 13.4. The molecule has 480 valence electrons. The first-order chi connectivity index (χ1) is 40.6. The molecule has 0 aliphatic carbocycles. The monoisotopic (exact) mass is 1210 g/mol. The second-order valence-electron chi connectivity index (χ2n) is 20.3. The van der Waals surface area contributed by atoms with E-state index in [1.54, 1.807) is 0 Å². The maximum atomic E-state index is 14.5. The van der Waals surface area contributed by atoms with Crippen molar-refractivity contribution in [1.82, 2.24) is 68.0 Å². The fourth-order valence-electron chi connectivity index (χ4n) is 8.65. The number of amides is 10. The van der Waals surface area contributed by atoms with Crippen LogP contribution in [-0.4, -0.2) is 216 Å². The summed E-state index contributed by atoms with van der Waals surface area (Å²) in [6.07, 6.45) is 4.65. The largest absolute Gasteiger partial charge is 0.389 e. The smallest absolute Gasteiger partial charge is 0.268 e. The average molecular weight is 1210 g/mol. The summed E-state index contributed by atoms with van der Waals surface area (Å²) in [4.78, 5) is 145. The molecule has 34 heteroatoms. The third kappa shape index (κ3) is 27.0. The van der Waals surface area contributed by atoms with Crippen molar-refractivity contribution in [2.75, 3.05) is 65.4 Å². The molecule has 0 radical (unpaired) electrons. The Labute approximate surface area is 494 Å². The molecular formula is C51H94N22O12. The zero-order valence-electron chi connectivity index (χ0n) is 48.5. The van der Waals surface area contributed by atoms with Gasteiger partial charge in [-0.2, -0.15) is 0 Å². The number of carbonyl (C=O) groups is 10. The van der Waals surface area contributed by atoms with Crippen molar-refractivity contribution < 1.29 is 58.2 Å². The fourth-order valence-corrected chi connectivity index (χ4v) is 8.65. The van der Waals surface area contributed by atoms with Crippen molar-refractivity contribution in [2.24, 2.45) is 45.9 Å². The zero-order valence-corrected chi connectivity index (χ0v) is 48.5. The zero-order chi connectivity index (χ0) is 63.4. The minimum absolute atomic E-state index is 0.0150. The predicted molar refractivity (Wildman–Crippen MR) is 312 cm³/mol. The summed E-state index contributed by atoms with van der Waals surface area (Å²) in [5, 5.41) is 53.9. The van der Waals surface area contributed by atoms with E-state index in [9.17, 15) is 58.2 Å². The Hall–Kier alpha value is -7.44. The molecule has 0 aromatic carbocycles. The minimum atomic E-state index is -1.82. The lowest BCUT2D eigenvalue weighted by Gasteiger charge is -2.30. The highest BCUT2D eigenvalue weighted by Gasteiger charge is 2.40. The van der Waals surface area contributed by atoms with Gasteiger partial charge in [-0.25, -0.2) is 4.98 Å². The number of nitrogens with one attached hydrogen (secondary N) is 12. The van der Waals surface area contributed by atoms with Crippen LogP contribution in [0.15, 0.2) is 24.3 Å². The van der Waals surface area contributed by atoms with Gasteiger partial charge in [0.15, 0.2) is 5.96 Å². The summed E-state index contributed by atoms with van der Waals surface area (Å²) < 4.78 is 0. The van der Waals surface area contributed by atoms with Gasteiger partial charge in [0, 0.05) is 51.0 Å². The number of nitrogens with two attached hydrogens (primary N) is 8.